The number of benzene rings is 1. The topological polar surface area (TPSA) is 58.1 Å². The molecule has 0 aliphatic heterocycles. The normalized spacial score (nSPS) is 15.9. The minimum Gasteiger partial charge on any atom is -0.268 e. The first-order valence-electron chi connectivity index (χ1n) is 8.45. The highest BCUT2D eigenvalue weighted by Gasteiger charge is 2.14. The molecule has 0 unspecified atom stereocenters. The Hall–Kier alpha value is -2.67. The third-order valence-electron chi connectivity index (χ3n) is 4.46. The van der Waals surface area contributed by atoms with Crippen molar-refractivity contribution in [1.82, 2.24) is 4.57 Å². The van der Waals surface area contributed by atoms with Crippen LogP contribution in [0.5, 0.6) is 0 Å². The third kappa shape index (κ3) is 3.62. The molecule has 1 aromatic heterocycles. The second kappa shape index (κ2) is 7.27. The lowest BCUT2D eigenvalue weighted by Crippen LogP contribution is -2.29. The van der Waals surface area contributed by atoms with Crippen molar-refractivity contribution in [1.29, 1.82) is 5.26 Å². The number of aryl methyl sites for hydroxylation is 1. The highest BCUT2D eigenvalue weighted by Crippen LogP contribution is 2.19. The van der Waals surface area contributed by atoms with Crippen molar-refractivity contribution in [2.45, 2.75) is 45.1 Å². The van der Waals surface area contributed by atoms with E-state index in [1.807, 2.05) is 19.1 Å². The summed E-state index contributed by atoms with van der Waals surface area (Å²) in [6, 6.07) is 13.0. The van der Waals surface area contributed by atoms with Crippen LogP contribution in [0.2, 0.25) is 0 Å². The van der Waals surface area contributed by atoms with Gasteiger partial charge in [-0.1, -0.05) is 19.3 Å². The zero-order valence-electron chi connectivity index (χ0n) is 13.9. The van der Waals surface area contributed by atoms with Gasteiger partial charge in [0, 0.05) is 11.8 Å². The summed E-state index contributed by atoms with van der Waals surface area (Å²) in [6.45, 7) is 2.01. The second-order valence-corrected chi connectivity index (χ2v) is 6.35. The number of hydrogen-bond donors (Lipinski definition) is 0. The molecular weight excluding hydrogens is 298 g/mol. The molecular formula is C20H21N3O. The highest BCUT2D eigenvalue weighted by atomic mass is 16.2. The molecule has 1 heterocycles. The van der Waals surface area contributed by atoms with E-state index in [9.17, 15) is 4.79 Å². The maximum atomic E-state index is 12.8. The Morgan fingerprint density at radius 1 is 1.17 bits per heavy atom. The van der Waals surface area contributed by atoms with Crippen molar-refractivity contribution < 1.29 is 4.79 Å². The van der Waals surface area contributed by atoms with Crippen LogP contribution in [0.25, 0.3) is 0 Å². The number of pyridine rings is 1. The summed E-state index contributed by atoms with van der Waals surface area (Å²) in [5.74, 6) is -0.117. The van der Waals surface area contributed by atoms with Crippen LogP contribution in [0.1, 0.15) is 53.6 Å². The zero-order valence-corrected chi connectivity index (χ0v) is 13.9. The van der Waals surface area contributed by atoms with Gasteiger partial charge in [0.05, 0.1) is 17.7 Å². The summed E-state index contributed by atoms with van der Waals surface area (Å²) in [5, 5.41) is 8.89. The Kier molecular flexibility index (Phi) is 4.90. The lowest BCUT2D eigenvalue weighted by molar-refractivity contribution is 0.0954. The predicted octanol–water partition coefficient (Wildman–Crippen LogP) is 3.59. The Morgan fingerprint density at radius 2 is 1.88 bits per heavy atom. The van der Waals surface area contributed by atoms with E-state index in [4.69, 9.17) is 10.3 Å². The average molecular weight is 319 g/mol. The molecule has 24 heavy (non-hydrogen) atoms. The first-order valence-corrected chi connectivity index (χ1v) is 8.45. The summed E-state index contributed by atoms with van der Waals surface area (Å²) >= 11 is 0. The van der Waals surface area contributed by atoms with E-state index in [1.54, 1.807) is 35.0 Å². The van der Waals surface area contributed by atoms with Crippen LogP contribution in [0, 0.1) is 18.3 Å². The van der Waals surface area contributed by atoms with Crippen molar-refractivity contribution >= 4 is 5.91 Å². The van der Waals surface area contributed by atoms with Crippen LogP contribution in [0.15, 0.2) is 47.6 Å². The lowest BCUT2D eigenvalue weighted by atomic mass is 9.96. The Morgan fingerprint density at radius 3 is 2.54 bits per heavy atom. The zero-order chi connectivity index (χ0) is 16.9. The van der Waals surface area contributed by atoms with Gasteiger partial charge < -0.3 is 0 Å². The predicted molar refractivity (Wildman–Crippen MR) is 92.5 cm³/mol. The number of nitrogens with zero attached hydrogens (tertiary/aromatic N) is 3. The van der Waals surface area contributed by atoms with Gasteiger partial charge in [-0.05, 0) is 61.7 Å². The van der Waals surface area contributed by atoms with Crippen LogP contribution in [0.4, 0.5) is 0 Å². The number of aromatic nitrogens is 1. The average Bonchev–Trinajstić information content (AvgIpc) is 2.62. The van der Waals surface area contributed by atoms with E-state index >= 15 is 0 Å². The lowest BCUT2D eigenvalue weighted by Gasteiger charge is -2.18. The van der Waals surface area contributed by atoms with Crippen LogP contribution in [0.3, 0.4) is 0 Å². The van der Waals surface area contributed by atoms with Gasteiger partial charge in [-0.2, -0.15) is 5.26 Å². The third-order valence-corrected chi connectivity index (χ3v) is 4.46. The Bertz CT molecular complexity index is 834. The SMILES string of the molecule is Cc1ccn(C(=O)c2ccc(C#N)cc2)c(=NC2CCCCC2)c1. The van der Waals surface area contributed by atoms with Crippen LogP contribution in [-0.4, -0.2) is 16.5 Å². The summed E-state index contributed by atoms with van der Waals surface area (Å²) in [6.07, 6.45) is 7.69. The summed E-state index contributed by atoms with van der Waals surface area (Å²) in [5.41, 5.74) is 2.92. The van der Waals surface area contributed by atoms with E-state index in [1.165, 1.54) is 19.3 Å². The monoisotopic (exact) mass is 319 g/mol. The Balaban J connectivity index is 1.98. The number of carbonyl (C=O) groups is 1. The number of hydrogen-bond acceptors (Lipinski definition) is 3. The van der Waals surface area contributed by atoms with E-state index < -0.39 is 0 Å². The molecule has 3 rings (SSSR count). The standard InChI is InChI=1S/C20H21N3O/c1-15-11-12-23(19(13-15)22-18-5-3-2-4-6-18)20(24)17-9-7-16(14-21)8-10-17/h7-13,18H,2-6H2,1H3. The van der Waals surface area contributed by atoms with Gasteiger partial charge in [0.15, 0.2) is 0 Å². The van der Waals surface area contributed by atoms with Crippen molar-refractivity contribution in [3.8, 4) is 6.07 Å². The fraction of sp³-hybridized carbons (Fsp3) is 0.350. The molecule has 0 bridgehead atoms. The van der Waals surface area contributed by atoms with Crippen LogP contribution < -0.4 is 5.49 Å². The van der Waals surface area contributed by atoms with Gasteiger partial charge in [-0.15, -0.1) is 0 Å². The molecule has 122 valence electrons. The van der Waals surface area contributed by atoms with Gasteiger partial charge in [-0.3, -0.25) is 14.4 Å². The molecule has 0 spiro atoms. The minimum absolute atomic E-state index is 0.117. The van der Waals surface area contributed by atoms with Gasteiger partial charge in [0.25, 0.3) is 5.91 Å². The molecule has 0 radical (unpaired) electrons. The largest absolute Gasteiger partial charge is 0.268 e. The van der Waals surface area contributed by atoms with Gasteiger partial charge in [-0.25, -0.2) is 0 Å². The molecule has 1 aliphatic carbocycles. The smallest absolute Gasteiger partial charge is 0.263 e. The molecule has 1 saturated carbocycles. The molecule has 1 aliphatic rings. The van der Waals surface area contributed by atoms with Crippen LogP contribution >= 0.6 is 0 Å². The number of carbonyl (C=O) groups excluding carboxylic acids is 1. The van der Waals surface area contributed by atoms with Gasteiger partial charge in [0.1, 0.15) is 5.49 Å². The first kappa shape index (κ1) is 16.2. The second-order valence-electron chi connectivity index (χ2n) is 6.35. The van der Waals surface area contributed by atoms with Crippen molar-refractivity contribution in [3.63, 3.8) is 0 Å². The van der Waals surface area contributed by atoms with Gasteiger partial charge >= 0.3 is 0 Å². The molecule has 0 atom stereocenters. The fourth-order valence-corrected chi connectivity index (χ4v) is 3.08. The van der Waals surface area contributed by atoms with Gasteiger partial charge in [0.2, 0.25) is 0 Å². The summed E-state index contributed by atoms with van der Waals surface area (Å²) < 4.78 is 1.61. The van der Waals surface area contributed by atoms with Crippen molar-refractivity contribution in [2.24, 2.45) is 4.99 Å². The van der Waals surface area contributed by atoms with E-state index in [0.29, 0.717) is 17.2 Å². The molecule has 1 fully saturated rings. The summed E-state index contributed by atoms with van der Waals surface area (Å²) in [4.78, 5) is 17.7. The molecule has 0 N–H and O–H groups in total. The maximum absolute atomic E-state index is 12.8. The number of rotatable bonds is 2. The fourth-order valence-electron chi connectivity index (χ4n) is 3.08. The van der Waals surface area contributed by atoms with Crippen molar-refractivity contribution in [2.75, 3.05) is 0 Å². The molecule has 2 aromatic rings. The first-order chi connectivity index (χ1) is 11.7. The van der Waals surface area contributed by atoms with E-state index in [2.05, 4.69) is 6.07 Å². The Labute approximate surface area is 142 Å². The van der Waals surface area contributed by atoms with E-state index in [0.717, 1.165) is 23.9 Å². The molecule has 4 heteroatoms. The molecule has 0 amide bonds. The van der Waals surface area contributed by atoms with Crippen LogP contribution in [-0.2, 0) is 0 Å². The molecule has 1 aromatic carbocycles. The quantitative estimate of drug-likeness (QED) is 0.849. The number of nitriles is 1. The minimum atomic E-state index is -0.117. The van der Waals surface area contributed by atoms with Crippen molar-refractivity contribution in [3.05, 3.63) is 64.8 Å². The highest BCUT2D eigenvalue weighted by molar-refractivity contribution is 5.95. The maximum Gasteiger partial charge on any atom is 0.263 e. The molecule has 0 saturated heterocycles. The summed E-state index contributed by atoms with van der Waals surface area (Å²) in [7, 11) is 0. The molecule has 4 nitrogen and oxygen atoms in total. The van der Waals surface area contributed by atoms with E-state index in [-0.39, 0.29) is 5.91 Å².